The van der Waals surface area contributed by atoms with Crippen molar-refractivity contribution >= 4 is 44.8 Å². The number of nitrogens with one attached hydrogen (secondary N) is 2. The highest BCUT2D eigenvalue weighted by Gasteiger charge is 2.33. The number of sulfonamides is 1. The molecule has 0 fully saturated rings. The first kappa shape index (κ1) is 24.5. The van der Waals surface area contributed by atoms with Crippen LogP contribution < -0.4 is 20.5 Å². The molecule has 0 aliphatic heterocycles. The van der Waals surface area contributed by atoms with Gasteiger partial charge < -0.3 is 15.4 Å². The second-order valence-corrected chi connectivity index (χ2v) is 8.64. The van der Waals surface area contributed by atoms with Crippen LogP contribution in [-0.2, 0) is 16.2 Å². The molecular formula is C19H16ClF4N5O3S. The fraction of sp³-hybridized carbons (Fsp3) is 0.158. The van der Waals surface area contributed by atoms with Crippen LogP contribution in [0.5, 0.6) is 5.75 Å². The van der Waals surface area contributed by atoms with Crippen molar-refractivity contribution in [3.8, 4) is 5.75 Å². The number of methoxy groups -OCH3 is 1. The highest BCUT2D eigenvalue weighted by molar-refractivity contribution is 7.89. The van der Waals surface area contributed by atoms with E-state index in [1.807, 2.05) is 0 Å². The average molecular weight is 506 g/mol. The Balaban J connectivity index is 1.94. The number of nitrogens with two attached hydrogens (primary N) is 1. The average Bonchev–Trinajstić information content (AvgIpc) is 2.70. The predicted octanol–water partition coefficient (Wildman–Crippen LogP) is 4.74. The molecule has 0 unspecified atom stereocenters. The van der Waals surface area contributed by atoms with E-state index in [4.69, 9.17) is 21.5 Å². The van der Waals surface area contributed by atoms with E-state index in [-0.39, 0.29) is 28.0 Å². The molecule has 0 amide bonds. The molecule has 0 aliphatic carbocycles. The second-order valence-electron chi connectivity index (χ2n) is 6.70. The molecule has 3 rings (SSSR count). The van der Waals surface area contributed by atoms with Gasteiger partial charge >= 0.3 is 6.18 Å². The van der Waals surface area contributed by atoms with Gasteiger partial charge in [-0.1, -0.05) is 11.6 Å². The molecule has 14 heteroatoms. The first-order chi connectivity index (χ1) is 15.3. The third-order valence-electron chi connectivity index (χ3n) is 4.29. The number of alkyl halides is 3. The van der Waals surface area contributed by atoms with Crippen LogP contribution in [0.4, 0.5) is 40.7 Å². The minimum Gasteiger partial charge on any atom is -0.495 e. The van der Waals surface area contributed by atoms with E-state index in [9.17, 15) is 26.0 Å². The summed E-state index contributed by atoms with van der Waals surface area (Å²) in [6.07, 6.45) is -3.92. The Labute approximate surface area is 190 Å². The van der Waals surface area contributed by atoms with Crippen molar-refractivity contribution in [1.82, 2.24) is 9.97 Å². The van der Waals surface area contributed by atoms with Gasteiger partial charge in [0.1, 0.15) is 10.6 Å². The molecule has 1 aromatic heterocycles. The highest BCUT2D eigenvalue weighted by Crippen LogP contribution is 2.37. The Hall–Kier alpha value is -3.16. The SMILES string of the molecule is COc1c(C)cc(Nc2ncc(F)c(Nc3ccc(Cl)c(C(F)(F)F)c3)n2)cc1S(N)(=O)=O. The Morgan fingerprint density at radius 2 is 1.82 bits per heavy atom. The molecule has 0 saturated carbocycles. The summed E-state index contributed by atoms with van der Waals surface area (Å²) in [5, 5.41) is 9.86. The molecule has 176 valence electrons. The molecule has 0 radical (unpaired) electrons. The molecule has 1 heterocycles. The van der Waals surface area contributed by atoms with Crippen LogP contribution in [0, 0.1) is 12.7 Å². The summed E-state index contributed by atoms with van der Waals surface area (Å²) >= 11 is 5.59. The van der Waals surface area contributed by atoms with Crippen LogP contribution in [0.25, 0.3) is 0 Å². The number of halogens is 5. The van der Waals surface area contributed by atoms with Crippen molar-refractivity contribution in [1.29, 1.82) is 0 Å². The maximum absolute atomic E-state index is 14.2. The molecule has 0 spiro atoms. The standard InChI is InChI=1S/C19H16ClF4N5O3S/c1-9-5-11(7-15(16(9)32-2)33(25,30)31)28-18-26-8-14(21)17(29-18)27-10-3-4-13(20)12(6-10)19(22,23)24/h3-8H,1-2H3,(H2,25,30,31)(H2,26,27,28,29). The quantitative estimate of drug-likeness (QED) is 0.414. The van der Waals surface area contributed by atoms with Gasteiger partial charge in [0.05, 0.1) is 23.9 Å². The maximum Gasteiger partial charge on any atom is 0.417 e. The molecule has 0 saturated heterocycles. The van der Waals surface area contributed by atoms with Gasteiger partial charge in [0.2, 0.25) is 16.0 Å². The van der Waals surface area contributed by atoms with Crippen molar-refractivity contribution in [3.05, 3.63) is 58.5 Å². The lowest BCUT2D eigenvalue weighted by Gasteiger charge is -2.14. The number of rotatable bonds is 6. The Kier molecular flexibility index (Phi) is 6.68. The summed E-state index contributed by atoms with van der Waals surface area (Å²) < 4.78 is 82.3. The minimum atomic E-state index is -4.71. The van der Waals surface area contributed by atoms with Crippen molar-refractivity contribution in [3.63, 3.8) is 0 Å². The molecule has 0 bridgehead atoms. The third-order valence-corrected chi connectivity index (χ3v) is 5.53. The number of ether oxygens (including phenoxy) is 1. The molecule has 8 nitrogen and oxygen atoms in total. The topological polar surface area (TPSA) is 119 Å². The number of nitrogens with zero attached hydrogens (tertiary/aromatic N) is 2. The van der Waals surface area contributed by atoms with Gasteiger partial charge in [-0.15, -0.1) is 0 Å². The summed E-state index contributed by atoms with van der Waals surface area (Å²) in [5.41, 5.74) is -0.605. The first-order valence-electron chi connectivity index (χ1n) is 8.94. The fourth-order valence-electron chi connectivity index (χ4n) is 2.89. The van der Waals surface area contributed by atoms with E-state index in [1.165, 1.54) is 25.3 Å². The van der Waals surface area contributed by atoms with Crippen LogP contribution >= 0.6 is 11.6 Å². The Morgan fingerprint density at radius 1 is 1.12 bits per heavy atom. The normalized spacial score (nSPS) is 11.9. The van der Waals surface area contributed by atoms with Gasteiger partial charge in [0.25, 0.3) is 0 Å². The minimum absolute atomic E-state index is 0.0497. The number of hydrogen-bond donors (Lipinski definition) is 3. The number of benzene rings is 2. The number of hydrogen-bond acceptors (Lipinski definition) is 7. The molecule has 2 aromatic carbocycles. The number of aromatic nitrogens is 2. The van der Waals surface area contributed by atoms with Gasteiger partial charge in [0.15, 0.2) is 11.6 Å². The summed E-state index contributed by atoms with van der Waals surface area (Å²) in [7, 11) is -2.86. The fourth-order valence-corrected chi connectivity index (χ4v) is 3.91. The van der Waals surface area contributed by atoms with Crippen LogP contribution in [0.3, 0.4) is 0 Å². The summed E-state index contributed by atoms with van der Waals surface area (Å²) in [6.45, 7) is 1.58. The monoisotopic (exact) mass is 505 g/mol. The number of aryl methyl sites for hydroxylation is 1. The van der Waals surface area contributed by atoms with Crippen LogP contribution in [0.1, 0.15) is 11.1 Å². The van der Waals surface area contributed by atoms with Gasteiger partial charge in [-0.05, 0) is 42.8 Å². The van der Waals surface area contributed by atoms with Crippen LogP contribution in [0.15, 0.2) is 41.4 Å². The van der Waals surface area contributed by atoms with Gasteiger partial charge in [-0.25, -0.2) is 22.9 Å². The van der Waals surface area contributed by atoms with E-state index in [0.29, 0.717) is 11.6 Å². The molecule has 33 heavy (non-hydrogen) atoms. The van der Waals surface area contributed by atoms with Gasteiger partial charge in [0, 0.05) is 11.4 Å². The van der Waals surface area contributed by atoms with E-state index < -0.39 is 38.4 Å². The number of primary sulfonamides is 1. The predicted molar refractivity (Wildman–Crippen MR) is 114 cm³/mol. The smallest absolute Gasteiger partial charge is 0.417 e. The second kappa shape index (κ2) is 9.00. The van der Waals surface area contributed by atoms with Crippen LogP contribution in [0.2, 0.25) is 5.02 Å². The molecular weight excluding hydrogens is 490 g/mol. The Morgan fingerprint density at radius 3 is 2.42 bits per heavy atom. The lowest BCUT2D eigenvalue weighted by atomic mass is 10.2. The molecule has 3 aromatic rings. The third kappa shape index (κ3) is 5.61. The molecule has 4 N–H and O–H groups in total. The van der Waals surface area contributed by atoms with E-state index in [1.54, 1.807) is 6.92 Å². The lowest BCUT2D eigenvalue weighted by molar-refractivity contribution is -0.137. The van der Waals surface area contributed by atoms with Crippen molar-refractivity contribution in [2.24, 2.45) is 5.14 Å². The van der Waals surface area contributed by atoms with E-state index >= 15 is 0 Å². The summed E-state index contributed by atoms with van der Waals surface area (Å²) in [4.78, 5) is 7.37. The van der Waals surface area contributed by atoms with Crippen molar-refractivity contribution in [2.75, 3.05) is 17.7 Å². The molecule has 0 aliphatic rings. The van der Waals surface area contributed by atoms with Gasteiger partial charge in [-0.3, -0.25) is 0 Å². The highest BCUT2D eigenvalue weighted by atomic mass is 35.5. The summed E-state index contributed by atoms with van der Waals surface area (Å²) in [5.74, 6) is -1.50. The van der Waals surface area contributed by atoms with E-state index in [2.05, 4.69) is 20.6 Å². The Bertz CT molecular complexity index is 1320. The maximum atomic E-state index is 14.2. The zero-order valence-electron chi connectivity index (χ0n) is 17.0. The largest absolute Gasteiger partial charge is 0.495 e. The number of anilines is 4. The lowest BCUT2D eigenvalue weighted by Crippen LogP contribution is -2.14. The van der Waals surface area contributed by atoms with Gasteiger partial charge in [-0.2, -0.15) is 18.2 Å². The zero-order chi connectivity index (χ0) is 24.6. The summed E-state index contributed by atoms with van der Waals surface area (Å²) in [6, 6.07) is 5.64. The van der Waals surface area contributed by atoms with Crippen LogP contribution in [-0.4, -0.2) is 25.5 Å². The zero-order valence-corrected chi connectivity index (χ0v) is 18.5. The van der Waals surface area contributed by atoms with Crippen molar-refractivity contribution < 1.29 is 30.7 Å². The van der Waals surface area contributed by atoms with Crippen molar-refractivity contribution in [2.45, 2.75) is 18.0 Å². The first-order valence-corrected chi connectivity index (χ1v) is 10.9. The molecule has 0 atom stereocenters. The van der Waals surface area contributed by atoms with E-state index in [0.717, 1.165) is 12.3 Å².